The maximum absolute atomic E-state index is 12.0. The van der Waals surface area contributed by atoms with E-state index in [2.05, 4.69) is 12.2 Å². The molecule has 3 N–H and O–H groups in total. The number of rotatable bonds is 3. The van der Waals surface area contributed by atoms with Crippen molar-refractivity contribution in [1.82, 2.24) is 5.32 Å². The van der Waals surface area contributed by atoms with Crippen molar-refractivity contribution in [3.8, 4) is 0 Å². The molecule has 0 saturated heterocycles. The minimum absolute atomic E-state index is 0.117. The number of amides is 1. The molecular formula is C14H19ClN2O. The third-order valence-corrected chi connectivity index (χ3v) is 4.04. The van der Waals surface area contributed by atoms with E-state index in [9.17, 15) is 4.79 Å². The summed E-state index contributed by atoms with van der Waals surface area (Å²) in [5.74, 6) is -0.117. The van der Waals surface area contributed by atoms with Crippen molar-refractivity contribution >= 4 is 23.2 Å². The monoisotopic (exact) mass is 266 g/mol. The molecule has 0 aliphatic heterocycles. The zero-order valence-electron chi connectivity index (χ0n) is 10.6. The van der Waals surface area contributed by atoms with Crippen molar-refractivity contribution in [2.45, 2.75) is 32.6 Å². The number of carbonyl (C=O) groups excluding carboxylic acids is 1. The van der Waals surface area contributed by atoms with Crippen LogP contribution in [0.1, 0.15) is 43.0 Å². The number of hydrogen-bond donors (Lipinski definition) is 2. The van der Waals surface area contributed by atoms with Crippen LogP contribution in [0, 0.1) is 5.41 Å². The highest BCUT2D eigenvalue weighted by Gasteiger charge is 2.29. The van der Waals surface area contributed by atoms with E-state index in [0.29, 0.717) is 22.8 Å². The van der Waals surface area contributed by atoms with Crippen LogP contribution in [0.4, 0.5) is 5.69 Å². The Bertz CT molecular complexity index is 453. The van der Waals surface area contributed by atoms with Gasteiger partial charge in [-0.15, -0.1) is 0 Å². The van der Waals surface area contributed by atoms with E-state index in [1.54, 1.807) is 18.2 Å². The second kappa shape index (κ2) is 5.19. The maximum Gasteiger partial charge on any atom is 0.252 e. The molecule has 0 atom stereocenters. The van der Waals surface area contributed by atoms with Gasteiger partial charge in [0.1, 0.15) is 0 Å². The molecule has 0 bridgehead atoms. The molecule has 1 aliphatic rings. The Morgan fingerprint density at radius 2 is 2.11 bits per heavy atom. The number of nitrogens with two attached hydrogens (primary N) is 1. The molecule has 0 radical (unpaired) electrons. The van der Waals surface area contributed by atoms with Crippen LogP contribution in [-0.2, 0) is 0 Å². The smallest absolute Gasteiger partial charge is 0.252 e. The van der Waals surface area contributed by atoms with Crippen molar-refractivity contribution in [1.29, 1.82) is 0 Å². The van der Waals surface area contributed by atoms with Crippen molar-refractivity contribution < 1.29 is 4.79 Å². The Morgan fingerprint density at radius 1 is 1.44 bits per heavy atom. The lowest BCUT2D eigenvalue weighted by Gasteiger charge is -2.23. The molecule has 1 amide bonds. The fraction of sp³-hybridized carbons (Fsp3) is 0.500. The molecule has 1 saturated carbocycles. The lowest BCUT2D eigenvalue weighted by molar-refractivity contribution is 0.0934. The van der Waals surface area contributed by atoms with Gasteiger partial charge >= 0.3 is 0 Å². The Labute approximate surface area is 113 Å². The summed E-state index contributed by atoms with van der Waals surface area (Å²) < 4.78 is 0. The summed E-state index contributed by atoms with van der Waals surface area (Å²) in [4.78, 5) is 12.0. The van der Waals surface area contributed by atoms with Crippen LogP contribution in [-0.4, -0.2) is 12.5 Å². The molecule has 2 rings (SSSR count). The van der Waals surface area contributed by atoms with Gasteiger partial charge in [0.25, 0.3) is 5.91 Å². The fourth-order valence-electron chi connectivity index (χ4n) is 2.51. The van der Waals surface area contributed by atoms with Crippen molar-refractivity contribution in [2.24, 2.45) is 5.41 Å². The van der Waals surface area contributed by atoms with E-state index in [1.165, 1.54) is 25.7 Å². The molecule has 0 heterocycles. The van der Waals surface area contributed by atoms with Gasteiger partial charge in [-0.25, -0.2) is 0 Å². The van der Waals surface area contributed by atoms with Gasteiger partial charge in [-0.3, -0.25) is 4.79 Å². The number of hydrogen-bond acceptors (Lipinski definition) is 2. The molecule has 18 heavy (non-hydrogen) atoms. The summed E-state index contributed by atoms with van der Waals surface area (Å²) in [6.45, 7) is 2.94. The van der Waals surface area contributed by atoms with Crippen LogP contribution >= 0.6 is 11.6 Å². The number of nitrogen functional groups attached to an aromatic ring is 1. The fourth-order valence-corrected chi connectivity index (χ4v) is 2.78. The first kappa shape index (κ1) is 13.2. The SMILES string of the molecule is CC1(CNC(=O)c2ccc(N)cc2Cl)CCCC1. The first-order valence-electron chi connectivity index (χ1n) is 6.33. The highest BCUT2D eigenvalue weighted by atomic mass is 35.5. The third kappa shape index (κ3) is 2.96. The molecule has 1 aliphatic carbocycles. The lowest BCUT2D eigenvalue weighted by Crippen LogP contribution is -2.34. The highest BCUT2D eigenvalue weighted by Crippen LogP contribution is 2.36. The van der Waals surface area contributed by atoms with Gasteiger partial charge in [0, 0.05) is 12.2 Å². The summed E-state index contributed by atoms with van der Waals surface area (Å²) in [6, 6.07) is 4.97. The standard InChI is InChI=1S/C14H19ClN2O/c1-14(6-2-3-7-14)9-17-13(18)11-5-4-10(16)8-12(11)15/h4-5,8H,2-3,6-7,9,16H2,1H3,(H,17,18). The number of carbonyl (C=O) groups is 1. The van der Waals surface area contributed by atoms with Crippen LogP contribution in [0.5, 0.6) is 0 Å². The van der Waals surface area contributed by atoms with Crippen LogP contribution in [0.25, 0.3) is 0 Å². The molecule has 0 unspecified atom stereocenters. The summed E-state index contributed by atoms with van der Waals surface area (Å²) >= 11 is 6.01. The highest BCUT2D eigenvalue weighted by molar-refractivity contribution is 6.34. The first-order valence-corrected chi connectivity index (χ1v) is 6.71. The predicted molar refractivity (Wildman–Crippen MR) is 74.8 cm³/mol. The Balaban J connectivity index is 1.99. The zero-order valence-corrected chi connectivity index (χ0v) is 11.4. The largest absolute Gasteiger partial charge is 0.399 e. The number of anilines is 1. The van der Waals surface area contributed by atoms with Crippen molar-refractivity contribution in [2.75, 3.05) is 12.3 Å². The predicted octanol–water partition coefficient (Wildman–Crippen LogP) is 3.23. The molecule has 4 heteroatoms. The Kier molecular flexibility index (Phi) is 3.81. The van der Waals surface area contributed by atoms with Gasteiger partial charge < -0.3 is 11.1 Å². The minimum atomic E-state index is -0.117. The van der Waals surface area contributed by atoms with Crippen LogP contribution in [0.15, 0.2) is 18.2 Å². The quantitative estimate of drug-likeness (QED) is 0.826. The minimum Gasteiger partial charge on any atom is -0.399 e. The van der Waals surface area contributed by atoms with E-state index < -0.39 is 0 Å². The third-order valence-electron chi connectivity index (χ3n) is 3.72. The molecule has 1 fully saturated rings. The summed E-state index contributed by atoms with van der Waals surface area (Å²) in [7, 11) is 0. The Morgan fingerprint density at radius 3 is 2.72 bits per heavy atom. The summed E-state index contributed by atoms with van der Waals surface area (Å²) in [5, 5.41) is 3.38. The van der Waals surface area contributed by atoms with Gasteiger partial charge in [0.15, 0.2) is 0 Å². The second-order valence-electron chi connectivity index (χ2n) is 5.44. The molecule has 0 aromatic heterocycles. The van der Waals surface area contributed by atoms with Crippen molar-refractivity contribution in [3.63, 3.8) is 0 Å². The lowest BCUT2D eigenvalue weighted by atomic mass is 9.89. The van der Waals surface area contributed by atoms with Crippen LogP contribution in [0.2, 0.25) is 5.02 Å². The zero-order chi connectivity index (χ0) is 13.2. The molecule has 3 nitrogen and oxygen atoms in total. The second-order valence-corrected chi connectivity index (χ2v) is 5.85. The maximum atomic E-state index is 12.0. The molecule has 1 aromatic carbocycles. The van der Waals surface area contributed by atoms with E-state index in [1.807, 2.05) is 0 Å². The van der Waals surface area contributed by atoms with Gasteiger partial charge in [0.05, 0.1) is 10.6 Å². The number of benzene rings is 1. The molecule has 1 aromatic rings. The molecular weight excluding hydrogens is 248 g/mol. The van der Waals surface area contributed by atoms with E-state index in [-0.39, 0.29) is 11.3 Å². The van der Waals surface area contributed by atoms with Gasteiger partial charge in [0.2, 0.25) is 0 Å². The van der Waals surface area contributed by atoms with Crippen LogP contribution < -0.4 is 11.1 Å². The molecule has 0 spiro atoms. The molecule has 98 valence electrons. The van der Waals surface area contributed by atoms with Gasteiger partial charge in [-0.05, 0) is 36.5 Å². The Hall–Kier alpha value is -1.22. The van der Waals surface area contributed by atoms with Gasteiger partial charge in [-0.2, -0.15) is 0 Å². The van der Waals surface area contributed by atoms with E-state index in [4.69, 9.17) is 17.3 Å². The first-order chi connectivity index (χ1) is 8.50. The average molecular weight is 267 g/mol. The normalized spacial score (nSPS) is 17.7. The van der Waals surface area contributed by atoms with Gasteiger partial charge in [-0.1, -0.05) is 31.4 Å². The number of halogens is 1. The van der Waals surface area contributed by atoms with Crippen molar-refractivity contribution in [3.05, 3.63) is 28.8 Å². The summed E-state index contributed by atoms with van der Waals surface area (Å²) in [5.41, 5.74) is 6.91. The van der Waals surface area contributed by atoms with Crippen LogP contribution in [0.3, 0.4) is 0 Å². The van der Waals surface area contributed by atoms with E-state index >= 15 is 0 Å². The summed E-state index contributed by atoms with van der Waals surface area (Å²) in [6.07, 6.45) is 4.88. The van der Waals surface area contributed by atoms with E-state index in [0.717, 1.165) is 0 Å². The topological polar surface area (TPSA) is 55.1 Å². The number of nitrogens with one attached hydrogen (secondary N) is 1. The average Bonchev–Trinajstić information content (AvgIpc) is 2.74.